The van der Waals surface area contributed by atoms with Gasteiger partial charge in [-0.15, -0.1) is 11.6 Å². The van der Waals surface area contributed by atoms with Gasteiger partial charge in [0.25, 0.3) is 0 Å². The number of hydrogen-bond donors (Lipinski definition) is 1. The van der Waals surface area contributed by atoms with Gasteiger partial charge in [0.1, 0.15) is 6.07 Å². The minimum atomic E-state index is -1.07. The van der Waals surface area contributed by atoms with Gasteiger partial charge in [0.2, 0.25) is 0 Å². The van der Waals surface area contributed by atoms with Crippen LogP contribution in [-0.2, 0) is 5.88 Å². The van der Waals surface area contributed by atoms with Crippen molar-refractivity contribution in [3.05, 3.63) is 33.3 Å². The molecule has 3 nitrogen and oxygen atoms in total. The topological polar surface area (TPSA) is 61.1 Å². The molecule has 0 radical (unpaired) electrons. The average molecular weight is 275 g/mol. The Balaban J connectivity index is 3.44. The Morgan fingerprint density at radius 2 is 2.29 bits per heavy atom. The highest BCUT2D eigenvalue weighted by atomic mass is 79.9. The zero-order valence-electron chi connectivity index (χ0n) is 6.92. The third-order valence-corrected chi connectivity index (χ3v) is 2.83. The summed E-state index contributed by atoms with van der Waals surface area (Å²) < 4.78 is 0.283. The third-order valence-electron chi connectivity index (χ3n) is 1.71. The number of nitriles is 1. The van der Waals surface area contributed by atoms with Gasteiger partial charge in [-0.25, -0.2) is 4.79 Å². The first-order chi connectivity index (χ1) is 6.61. The smallest absolute Gasteiger partial charge is 0.336 e. The SMILES string of the molecule is N#Cc1c(CCl)ccc(C(=O)O)c1Br. The van der Waals surface area contributed by atoms with Gasteiger partial charge in [-0.05, 0) is 27.6 Å². The Morgan fingerprint density at radius 1 is 1.64 bits per heavy atom. The van der Waals surface area contributed by atoms with Gasteiger partial charge in [-0.3, -0.25) is 0 Å². The molecule has 1 aromatic rings. The molecular formula is C9H5BrClNO2. The van der Waals surface area contributed by atoms with Crippen molar-refractivity contribution in [2.24, 2.45) is 0 Å². The number of carbonyl (C=O) groups is 1. The zero-order valence-corrected chi connectivity index (χ0v) is 9.26. The minimum Gasteiger partial charge on any atom is -0.478 e. The molecule has 0 aliphatic rings. The molecule has 0 aliphatic carbocycles. The average Bonchev–Trinajstić information content (AvgIpc) is 2.16. The van der Waals surface area contributed by atoms with E-state index in [1.807, 2.05) is 6.07 Å². The van der Waals surface area contributed by atoms with Gasteiger partial charge in [-0.2, -0.15) is 5.26 Å². The van der Waals surface area contributed by atoms with Crippen LogP contribution >= 0.6 is 27.5 Å². The van der Waals surface area contributed by atoms with Gasteiger partial charge in [0.15, 0.2) is 0 Å². The molecule has 0 amide bonds. The van der Waals surface area contributed by atoms with Crippen LogP contribution in [0.4, 0.5) is 0 Å². The molecule has 72 valence electrons. The van der Waals surface area contributed by atoms with Crippen LogP contribution in [-0.4, -0.2) is 11.1 Å². The van der Waals surface area contributed by atoms with E-state index < -0.39 is 5.97 Å². The molecule has 0 atom stereocenters. The Bertz CT molecular complexity index is 426. The van der Waals surface area contributed by atoms with E-state index >= 15 is 0 Å². The second-order valence-electron chi connectivity index (χ2n) is 2.51. The van der Waals surface area contributed by atoms with Crippen molar-refractivity contribution in [2.45, 2.75) is 5.88 Å². The summed E-state index contributed by atoms with van der Waals surface area (Å²) in [4.78, 5) is 10.7. The van der Waals surface area contributed by atoms with E-state index in [-0.39, 0.29) is 21.5 Å². The van der Waals surface area contributed by atoms with Crippen LogP contribution in [0.1, 0.15) is 21.5 Å². The zero-order chi connectivity index (χ0) is 10.7. The van der Waals surface area contributed by atoms with Crippen molar-refractivity contribution in [2.75, 3.05) is 0 Å². The first-order valence-corrected chi connectivity index (χ1v) is 4.95. The van der Waals surface area contributed by atoms with Gasteiger partial charge < -0.3 is 5.11 Å². The summed E-state index contributed by atoms with van der Waals surface area (Å²) in [6, 6.07) is 4.88. The summed E-state index contributed by atoms with van der Waals surface area (Å²) in [6.07, 6.45) is 0. The van der Waals surface area contributed by atoms with Crippen LogP contribution in [0.25, 0.3) is 0 Å². The van der Waals surface area contributed by atoms with E-state index in [0.29, 0.717) is 5.56 Å². The number of benzene rings is 1. The molecule has 1 rings (SSSR count). The third kappa shape index (κ3) is 1.89. The number of carboxylic acids is 1. The molecule has 0 spiro atoms. The van der Waals surface area contributed by atoms with Crippen LogP contribution < -0.4 is 0 Å². The van der Waals surface area contributed by atoms with Crippen LogP contribution in [0.2, 0.25) is 0 Å². The van der Waals surface area contributed by atoms with Crippen LogP contribution in [0.5, 0.6) is 0 Å². The largest absolute Gasteiger partial charge is 0.478 e. The van der Waals surface area contributed by atoms with E-state index in [0.717, 1.165) is 0 Å². The van der Waals surface area contributed by atoms with E-state index in [4.69, 9.17) is 22.0 Å². The maximum Gasteiger partial charge on any atom is 0.336 e. The van der Waals surface area contributed by atoms with E-state index in [9.17, 15) is 4.79 Å². The lowest BCUT2D eigenvalue weighted by Crippen LogP contribution is -2.01. The maximum absolute atomic E-state index is 10.7. The van der Waals surface area contributed by atoms with Crippen LogP contribution in [0.3, 0.4) is 0 Å². The number of aromatic carboxylic acids is 1. The second kappa shape index (κ2) is 4.45. The quantitative estimate of drug-likeness (QED) is 0.844. The number of nitrogens with zero attached hydrogens (tertiary/aromatic N) is 1. The number of hydrogen-bond acceptors (Lipinski definition) is 2. The highest BCUT2D eigenvalue weighted by molar-refractivity contribution is 9.10. The number of alkyl halides is 1. The molecule has 0 saturated carbocycles. The van der Waals surface area contributed by atoms with Crippen molar-refractivity contribution in [3.63, 3.8) is 0 Å². The summed E-state index contributed by atoms with van der Waals surface area (Å²) in [5.74, 6) is -0.893. The molecule has 1 aromatic carbocycles. The van der Waals surface area contributed by atoms with Gasteiger partial charge in [-0.1, -0.05) is 6.07 Å². The van der Waals surface area contributed by atoms with Crippen LogP contribution in [0, 0.1) is 11.3 Å². The molecule has 5 heteroatoms. The number of carboxylic acid groups (broad SMARTS) is 1. The van der Waals surface area contributed by atoms with Gasteiger partial charge >= 0.3 is 5.97 Å². The summed E-state index contributed by atoms with van der Waals surface area (Å²) in [5.41, 5.74) is 0.960. The summed E-state index contributed by atoms with van der Waals surface area (Å²) >= 11 is 8.67. The lowest BCUT2D eigenvalue weighted by molar-refractivity contribution is 0.0696. The molecule has 1 N–H and O–H groups in total. The summed E-state index contributed by atoms with van der Waals surface area (Å²) in [6.45, 7) is 0. The molecule has 0 aliphatic heterocycles. The van der Waals surface area contributed by atoms with Crippen molar-refractivity contribution in [1.82, 2.24) is 0 Å². The monoisotopic (exact) mass is 273 g/mol. The molecule has 0 unspecified atom stereocenters. The predicted molar refractivity (Wildman–Crippen MR) is 55.4 cm³/mol. The Kier molecular flexibility index (Phi) is 3.50. The highest BCUT2D eigenvalue weighted by Gasteiger charge is 2.14. The Morgan fingerprint density at radius 3 is 2.71 bits per heavy atom. The standard InChI is InChI=1S/C9H5BrClNO2/c10-8-6(9(13)14)2-1-5(3-11)7(8)4-12/h1-2H,3H2,(H,13,14). The molecule has 0 saturated heterocycles. The molecule has 0 aromatic heterocycles. The molecule has 0 bridgehead atoms. The summed E-state index contributed by atoms with van der Waals surface area (Å²) in [5, 5.41) is 17.6. The predicted octanol–water partition coefficient (Wildman–Crippen LogP) is 2.76. The normalized spacial score (nSPS) is 9.50. The van der Waals surface area contributed by atoms with E-state index in [1.165, 1.54) is 6.07 Å². The highest BCUT2D eigenvalue weighted by Crippen LogP contribution is 2.25. The molecule has 14 heavy (non-hydrogen) atoms. The van der Waals surface area contributed by atoms with E-state index in [2.05, 4.69) is 15.9 Å². The van der Waals surface area contributed by atoms with Crippen LogP contribution in [0.15, 0.2) is 16.6 Å². The van der Waals surface area contributed by atoms with Crippen molar-refractivity contribution >= 4 is 33.5 Å². The van der Waals surface area contributed by atoms with Gasteiger partial charge in [0.05, 0.1) is 15.6 Å². The summed E-state index contributed by atoms with van der Waals surface area (Å²) in [7, 11) is 0. The second-order valence-corrected chi connectivity index (χ2v) is 3.57. The van der Waals surface area contributed by atoms with Crippen molar-refractivity contribution < 1.29 is 9.90 Å². The fraction of sp³-hybridized carbons (Fsp3) is 0.111. The minimum absolute atomic E-state index is 0.0652. The molecular weight excluding hydrogens is 269 g/mol. The fourth-order valence-corrected chi connectivity index (χ4v) is 1.88. The maximum atomic E-state index is 10.7. The van der Waals surface area contributed by atoms with Gasteiger partial charge in [0, 0.05) is 5.88 Å². The van der Waals surface area contributed by atoms with Crippen molar-refractivity contribution in [1.29, 1.82) is 5.26 Å². The lowest BCUT2D eigenvalue weighted by atomic mass is 10.1. The first kappa shape index (κ1) is 11.0. The molecule has 0 fully saturated rings. The number of rotatable bonds is 2. The van der Waals surface area contributed by atoms with E-state index in [1.54, 1.807) is 6.07 Å². The molecule has 0 heterocycles. The lowest BCUT2D eigenvalue weighted by Gasteiger charge is -2.04. The Hall–Kier alpha value is -1.05. The Labute approximate surface area is 94.0 Å². The number of halogens is 2. The fourth-order valence-electron chi connectivity index (χ4n) is 1.01. The first-order valence-electron chi connectivity index (χ1n) is 3.62. The van der Waals surface area contributed by atoms with Crippen molar-refractivity contribution in [3.8, 4) is 6.07 Å².